The van der Waals surface area contributed by atoms with E-state index in [0.717, 1.165) is 6.54 Å². The van der Waals surface area contributed by atoms with E-state index in [-0.39, 0.29) is 0 Å². The topological polar surface area (TPSA) is 17.3 Å². The summed E-state index contributed by atoms with van der Waals surface area (Å²) in [6.07, 6.45) is 8.42. The first-order valence-corrected chi connectivity index (χ1v) is 6.29. The van der Waals surface area contributed by atoms with E-state index in [1.54, 1.807) is 0 Å². The fourth-order valence-corrected chi connectivity index (χ4v) is 2.13. The summed E-state index contributed by atoms with van der Waals surface area (Å²) >= 11 is 0. The molecular formula is C12H25N2. The van der Waals surface area contributed by atoms with Crippen molar-refractivity contribution in [2.75, 3.05) is 19.6 Å². The average molecular weight is 197 g/mol. The van der Waals surface area contributed by atoms with Gasteiger partial charge in [-0.15, -0.1) is 0 Å². The van der Waals surface area contributed by atoms with Crippen molar-refractivity contribution in [3.8, 4) is 0 Å². The zero-order valence-electron chi connectivity index (χ0n) is 9.84. The molecule has 83 valence electrons. The van der Waals surface area contributed by atoms with Gasteiger partial charge in [-0.1, -0.05) is 20.3 Å². The molecule has 2 nitrogen and oxygen atoms in total. The maximum atomic E-state index is 4.73. The van der Waals surface area contributed by atoms with Crippen LogP contribution in [0.3, 0.4) is 0 Å². The Hall–Kier alpha value is -0.0800. The van der Waals surface area contributed by atoms with Gasteiger partial charge in [-0.05, 0) is 45.2 Å². The first-order valence-electron chi connectivity index (χ1n) is 6.29. The summed E-state index contributed by atoms with van der Waals surface area (Å²) in [6, 6.07) is 0. The lowest BCUT2D eigenvalue weighted by Crippen LogP contribution is -2.45. The van der Waals surface area contributed by atoms with E-state index in [1.165, 1.54) is 51.6 Å². The molecule has 1 heterocycles. The predicted molar refractivity (Wildman–Crippen MR) is 61.4 cm³/mol. The largest absolute Gasteiger partial charge is 0.287 e. The van der Waals surface area contributed by atoms with Gasteiger partial charge in [0.15, 0.2) is 0 Å². The van der Waals surface area contributed by atoms with Gasteiger partial charge in [0.05, 0.1) is 6.17 Å². The predicted octanol–water partition coefficient (Wildman–Crippen LogP) is 2.61. The normalized spacial score (nSPS) is 22.9. The Morgan fingerprint density at radius 1 is 1.14 bits per heavy atom. The van der Waals surface area contributed by atoms with Gasteiger partial charge >= 0.3 is 0 Å². The molecule has 0 N–H and O–H groups in total. The molecule has 1 saturated heterocycles. The molecule has 1 unspecified atom stereocenters. The van der Waals surface area contributed by atoms with Crippen LogP contribution in [0.4, 0.5) is 0 Å². The molecule has 1 radical (unpaired) electrons. The van der Waals surface area contributed by atoms with Crippen molar-refractivity contribution in [2.24, 2.45) is 0 Å². The Morgan fingerprint density at radius 3 is 2.57 bits per heavy atom. The van der Waals surface area contributed by atoms with Crippen molar-refractivity contribution in [1.82, 2.24) is 10.2 Å². The molecule has 1 rings (SSSR count). The van der Waals surface area contributed by atoms with Gasteiger partial charge < -0.3 is 0 Å². The van der Waals surface area contributed by atoms with Crippen molar-refractivity contribution >= 4 is 0 Å². The molecular weight excluding hydrogens is 172 g/mol. The van der Waals surface area contributed by atoms with E-state index in [2.05, 4.69) is 18.7 Å². The molecule has 0 aromatic heterocycles. The van der Waals surface area contributed by atoms with Crippen LogP contribution in [0.1, 0.15) is 52.4 Å². The van der Waals surface area contributed by atoms with Crippen LogP contribution < -0.4 is 5.32 Å². The van der Waals surface area contributed by atoms with Crippen molar-refractivity contribution < 1.29 is 0 Å². The van der Waals surface area contributed by atoms with Gasteiger partial charge in [-0.25, -0.2) is 5.32 Å². The highest BCUT2D eigenvalue weighted by molar-refractivity contribution is 4.73. The van der Waals surface area contributed by atoms with Gasteiger partial charge in [-0.2, -0.15) is 0 Å². The molecule has 1 atom stereocenters. The quantitative estimate of drug-likeness (QED) is 0.640. The Kier molecular flexibility index (Phi) is 6.20. The minimum absolute atomic E-state index is 0.551. The third kappa shape index (κ3) is 3.97. The number of nitrogens with zero attached hydrogens (tertiary/aromatic N) is 2. The SMILES string of the molecule is CCCCN(CCC)C1CCCC[N]1. The van der Waals surface area contributed by atoms with Crippen molar-refractivity contribution in [3.63, 3.8) is 0 Å². The Balaban J connectivity index is 2.30. The molecule has 14 heavy (non-hydrogen) atoms. The summed E-state index contributed by atoms with van der Waals surface area (Å²) in [7, 11) is 0. The maximum absolute atomic E-state index is 4.73. The van der Waals surface area contributed by atoms with Gasteiger partial charge in [-0.3, -0.25) is 4.90 Å². The molecule has 1 aliphatic heterocycles. The standard InChI is InChI=1S/C12H25N2/c1-3-5-11-14(10-4-2)12-8-6-7-9-13-12/h12H,3-11H2,1-2H3. The Bertz CT molecular complexity index is 130. The molecule has 2 heteroatoms. The lowest BCUT2D eigenvalue weighted by molar-refractivity contribution is 0.132. The molecule has 1 fully saturated rings. The van der Waals surface area contributed by atoms with Gasteiger partial charge in [0.2, 0.25) is 0 Å². The third-order valence-corrected chi connectivity index (χ3v) is 2.94. The number of piperidine rings is 1. The van der Waals surface area contributed by atoms with Crippen LogP contribution >= 0.6 is 0 Å². The first kappa shape index (κ1) is 12.0. The van der Waals surface area contributed by atoms with Crippen LogP contribution in [0.2, 0.25) is 0 Å². The molecule has 0 aromatic carbocycles. The molecule has 1 aliphatic rings. The second kappa shape index (κ2) is 7.24. The fraction of sp³-hybridized carbons (Fsp3) is 1.00. The first-order chi connectivity index (χ1) is 6.88. The monoisotopic (exact) mass is 197 g/mol. The number of rotatable bonds is 6. The minimum atomic E-state index is 0.551. The van der Waals surface area contributed by atoms with Crippen molar-refractivity contribution in [1.29, 1.82) is 0 Å². The summed E-state index contributed by atoms with van der Waals surface area (Å²) in [6.45, 7) is 8.10. The Labute approximate surface area is 89.1 Å². The summed E-state index contributed by atoms with van der Waals surface area (Å²) in [5.74, 6) is 0. The minimum Gasteiger partial charge on any atom is -0.287 e. The lowest BCUT2D eigenvalue weighted by atomic mass is 10.1. The smallest absolute Gasteiger partial charge is 0.0760 e. The fourth-order valence-electron chi connectivity index (χ4n) is 2.13. The average Bonchev–Trinajstić information content (AvgIpc) is 2.25. The molecule has 0 bridgehead atoms. The van der Waals surface area contributed by atoms with Crippen LogP contribution in [0.5, 0.6) is 0 Å². The number of hydrogen-bond acceptors (Lipinski definition) is 1. The maximum Gasteiger partial charge on any atom is 0.0760 e. The van der Waals surface area contributed by atoms with E-state index >= 15 is 0 Å². The second-order valence-electron chi connectivity index (χ2n) is 4.27. The summed E-state index contributed by atoms with van der Waals surface area (Å²) < 4.78 is 0. The van der Waals surface area contributed by atoms with E-state index < -0.39 is 0 Å². The molecule has 0 amide bonds. The van der Waals surface area contributed by atoms with E-state index in [9.17, 15) is 0 Å². The van der Waals surface area contributed by atoms with Crippen LogP contribution in [-0.2, 0) is 0 Å². The lowest BCUT2D eigenvalue weighted by Gasteiger charge is -2.33. The van der Waals surface area contributed by atoms with Crippen LogP contribution in [0.15, 0.2) is 0 Å². The van der Waals surface area contributed by atoms with Crippen molar-refractivity contribution in [3.05, 3.63) is 0 Å². The highest BCUT2D eigenvalue weighted by atomic mass is 15.3. The third-order valence-electron chi connectivity index (χ3n) is 2.94. The molecule has 0 spiro atoms. The number of unbranched alkanes of at least 4 members (excludes halogenated alkanes) is 1. The summed E-state index contributed by atoms with van der Waals surface area (Å²) in [4.78, 5) is 2.59. The van der Waals surface area contributed by atoms with Gasteiger partial charge in [0.1, 0.15) is 0 Å². The second-order valence-corrected chi connectivity index (χ2v) is 4.27. The van der Waals surface area contributed by atoms with Gasteiger partial charge in [0, 0.05) is 6.54 Å². The summed E-state index contributed by atoms with van der Waals surface area (Å²) in [5.41, 5.74) is 0. The van der Waals surface area contributed by atoms with Gasteiger partial charge in [0.25, 0.3) is 0 Å². The molecule has 0 aliphatic carbocycles. The van der Waals surface area contributed by atoms with E-state index in [4.69, 9.17) is 5.32 Å². The van der Waals surface area contributed by atoms with E-state index in [0.29, 0.717) is 6.17 Å². The highest BCUT2D eigenvalue weighted by Gasteiger charge is 2.19. The Morgan fingerprint density at radius 2 is 2.00 bits per heavy atom. The zero-order chi connectivity index (χ0) is 10.2. The highest BCUT2D eigenvalue weighted by Crippen LogP contribution is 2.14. The van der Waals surface area contributed by atoms with Crippen LogP contribution in [0, 0.1) is 0 Å². The van der Waals surface area contributed by atoms with Crippen molar-refractivity contribution in [2.45, 2.75) is 58.5 Å². The molecule has 0 aromatic rings. The van der Waals surface area contributed by atoms with E-state index in [1.807, 2.05) is 0 Å². The van der Waals surface area contributed by atoms with Crippen LogP contribution in [0.25, 0.3) is 0 Å². The number of hydrogen-bond donors (Lipinski definition) is 0. The van der Waals surface area contributed by atoms with Crippen LogP contribution in [-0.4, -0.2) is 30.7 Å². The summed E-state index contributed by atoms with van der Waals surface area (Å²) in [5, 5.41) is 4.73. The molecule has 0 saturated carbocycles. The zero-order valence-corrected chi connectivity index (χ0v) is 9.84.